The van der Waals surface area contributed by atoms with Crippen molar-refractivity contribution >= 4 is 11.9 Å². The van der Waals surface area contributed by atoms with E-state index >= 15 is 0 Å². The van der Waals surface area contributed by atoms with Crippen LogP contribution < -0.4 is 4.90 Å². The first-order valence-corrected chi connectivity index (χ1v) is 9.59. The highest BCUT2D eigenvalue weighted by atomic mass is 16.2. The topological polar surface area (TPSA) is 49.3 Å². The van der Waals surface area contributed by atoms with Gasteiger partial charge in [0.05, 0.1) is 6.04 Å². The number of anilines is 1. The van der Waals surface area contributed by atoms with Crippen molar-refractivity contribution < 1.29 is 4.79 Å². The van der Waals surface area contributed by atoms with Crippen LogP contribution >= 0.6 is 0 Å². The van der Waals surface area contributed by atoms with Crippen LogP contribution in [0, 0.1) is 12.8 Å². The number of piperidine rings is 1. The van der Waals surface area contributed by atoms with E-state index in [1.807, 2.05) is 37.4 Å². The van der Waals surface area contributed by atoms with Crippen molar-refractivity contribution in [3.8, 4) is 0 Å². The third-order valence-corrected chi connectivity index (χ3v) is 5.72. The van der Waals surface area contributed by atoms with Crippen molar-refractivity contribution in [3.05, 3.63) is 53.9 Å². The number of hydrogen-bond acceptors (Lipinski definition) is 4. The highest BCUT2D eigenvalue weighted by Crippen LogP contribution is 2.33. The molecule has 26 heavy (non-hydrogen) atoms. The molecule has 2 aliphatic heterocycles. The first-order valence-electron chi connectivity index (χ1n) is 9.59. The summed E-state index contributed by atoms with van der Waals surface area (Å²) in [6.45, 7) is 4.72. The minimum Gasteiger partial charge on any atom is -0.339 e. The van der Waals surface area contributed by atoms with Gasteiger partial charge in [-0.25, -0.2) is 9.97 Å². The number of aryl methyl sites for hydroxylation is 2. The summed E-state index contributed by atoms with van der Waals surface area (Å²) in [7, 11) is 0. The van der Waals surface area contributed by atoms with E-state index in [0.29, 0.717) is 18.4 Å². The quantitative estimate of drug-likeness (QED) is 0.851. The molecule has 0 radical (unpaired) electrons. The standard InChI is InChI=1S/C21H26N4O/c1-16-9-12-22-21(23-16)24-13-10-18-11-14-25(19(18)15-24)20(26)8-7-17-5-3-2-4-6-17/h2-6,9,12,18-19H,7-8,10-11,13-15H2,1H3. The molecule has 2 fully saturated rings. The zero-order chi connectivity index (χ0) is 17.9. The van der Waals surface area contributed by atoms with Crippen molar-refractivity contribution in [3.63, 3.8) is 0 Å². The Kier molecular flexibility index (Phi) is 4.87. The molecule has 2 aromatic rings. The van der Waals surface area contributed by atoms with Crippen LogP contribution in [0.2, 0.25) is 0 Å². The number of benzene rings is 1. The lowest BCUT2D eigenvalue weighted by molar-refractivity contribution is -0.132. The molecule has 136 valence electrons. The van der Waals surface area contributed by atoms with E-state index in [1.165, 1.54) is 5.56 Å². The van der Waals surface area contributed by atoms with Crippen LogP contribution in [0.3, 0.4) is 0 Å². The van der Waals surface area contributed by atoms with Gasteiger partial charge in [-0.3, -0.25) is 4.79 Å². The highest BCUT2D eigenvalue weighted by molar-refractivity contribution is 5.77. The number of nitrogens with zero attached hydrogens (tertiary/aromatic N) is 4. The second kappa shape index (κ2) is 7.44. The molecule has 2 unspecified atom stereocenters. The third-order valence-electron chi connectivity index (χ3n) is 5.72. The van der Waals surface area contributed by atoms with Gasteiger partial charge in [-0.2, -0.15) is 0 Å². The van der Waals surface area contributed by atoms with Crippen molar-refractivity contribution in [2.45, 2.75) is 38.6 Å². The minimum atomic E-state index is 0.286. The molecule has 2 saturated heterocycles. The fraction of sp³-hybridized carbons (Fsp3) is 0.476. The number of carbonyl (C=O) groups is 1. The molecule has 3 heterocycles. The smallest absolute Gasteiger partial charge is 0.225 e. The van der Waals surface area contributed by atoms with Gasteiger partial charge in [0.1, 0.15) is 0 Å². The maximum atomic E-state index is 12.8. The number of likely N-dealkylation sites (tertiary alicyclic amines) is 1. The van der Waals surface area contributed by atoms with E-state index in [9.17, 15) is 4.79 Å². The number of hydrogen-bond donors (Lipinski definition) is 0. The van der Waals surface area contributed by atoms with Gasteiger partial charge in [0.25, 0.3) is 0 Å². The molecule has 5 nitrogen and oxygen atoms in total. The minimum absolute atomic E-state index is 0.286. The van der Waals surface area contributed by atoms with Crippen molar-refractivity contribution in [2.75, 3.05) is 24.5 Å². The van der Waals surface area contributed by atoms with Gasteiger partial charge in [0.15, 0.2) is 0 Å². The van der Waals surface area contributed by atoms with Crippen LogP contribution in [0.25, 0.3) is 0 Å². The van der Waals surface area contributed by atoms with E-state index in [-0.39, 0.29) is 5.91 Å². The number of rotatable bonds is 4. The second-order valence-electron chi connectivity index (χ2n) is 7.42. The average Bonchev–Trinajstić information content (AvgIpc) is 3.10. The predicted octanol–water partition coefficient (Wildman–Crippen LogP) is 2.85. The predicted molar refractivity (Wildman–Crippen MR) is 102 cm³/mol. The number of carbonyl (C=O) groups excluding carboxylic acids is 1. The fourth-order valence-corrected chi connectivity index (χ4v) is 4.26. The van der Waals surface area contributed by atoms with E-state index < -0.39 is 0 Å². The number of amides is 1. The highest BCUT2D eigenvalue weighted by Gasteiger charge is 2.40. The zero-order valence-electron chi connectivity index (χ0n) is 15.3. The van der Waals surface area contributed by atoms with E-state index in [0.717, 1.165) is 50.5 Å². The Balaban J connectivity index is 1.41. The van der Waals surface area contributed by atoms with Crippen LogP contribution in [0.4, 0.5) is 5.95 Å². The Labute approximate surface area is 155 Å². The van der Waals surface area contributed by atoms with E-state index in [1.54, 1.807) is 0 Å². The van der Waals surface area contributed by atoms with Crippen LogP contribution in [0.15, 0.2) is 42.6 Å². The molecule has 0 saturated carbocycles. The van der Waals surface area contributed by atoms with Crippen molar-refractivity contribution in [1.29, 1.82) is 0 Å². The molecule has 0 aliphatic carbocycles. The van der Waals surface area contributed by atoms with Gasteiger partial charge < -0.3 is 9.80 Å². The molecule has 1 aromatic heterocycles. The van der Waals surface area contributed by atoms with Crippen molar-refractivity contribution in [1.82, 2.24) is 14.9 Å². The Morgan fingerprint density at radius 3 is 2.77 bits per heavy atom. The lowest BCUT2D eigenvalue weighted by atomic mass is 9.92. The molecule has 0 spiro atoms. The fourth-order valence-electron chi connectivity index (χ4n) is 4.26. The normalized spacial score (nSPS) is 22.3. The van der Waals surface area contributed by atoms with Gasteiger partial charge in [0, 0.05) is 37.9 Å². The number of fused-ring (bicyclic) bond motifs is 1. The maximum Gasteiger partial charge on any atom is 0.225 e. The van der Waals surface area contributed by atoms with Crippen LogP contribution in [-0.4, -0.2) is 46.5 Å². The average molecular weight is 350 g/mol. The SMILES string of the molecule is Cc1ccnc(N2CCC3CCN(C(=O)CCc4ccccc4)C3C2)n1. The lowest BCUT2D eigenvalue weighted by Crippen LogP contribution is -2.50. The third kappa shape index (κ3) is 3.57. The Hall–Kier alpha value is -2.43. The monoisotopic (exact) mass is 350 g/mol. The van der Waals surface area contributed by atoms with Crippen LogP contribution in [-0.2, 0) is 11.2 Å². The largest absolute Gasteiger partial charge is 0.339 e. The molecular formula is C21H26N4O. The second-order valence-corrected chi connectivity index (χ2v) is 7.42. The summed E-state index contributed by atoms with van der Waals surface area (Å²) >= 11 is 0. The molecule has 0 N–H and O–H groups in total. The first kappa shape index (κ1) is 17.0. The van der Waals surface area contributed by atoms with E-state index in [4.69, 9.17) is 0 Å². The zero-order valence-corrected chi connectivity index (χ0v) is 15.3. The summed E-state index contributed by atoms with van der Waals surface area (Å²) in [6.07, 6.45) is 5.47. The summed E-state index contributed by atoms with van der Waals surface area (Å²) in [5.41, 5.74) is 2.22. The molecule has 5 heteroatoms. The maximum absolute atomic E-state index is 12.8. The Morgan fingerprint density at radius 1 is 1.15 bits per heavy atom. The molecule has 0 bridgehead atoms. The summed E-state index contributed by atoms with van der Waals surface area (Å²) in [4.78, 5) is 26.2. The van der Waals surface area contributed by atoms with Crippen LogP contribution in [0.1, 0.15) is 30.5 Å². The summed E-state index contributed by atoms with van der Waals surface area (Å²) in [6, 6.07) is 12.5. The molecule has 2 atom stereocenters. The summed E-state index contributed by atoms with van der Waals surface area (Å²) < 4.78 is 0. The first-order chi connectivity index (χ1) is 12.7. The molecule has 1 aromatic carbocycles. The lowest BCUT2D eigenvalue weighted by Gasteiger charge is -2.38. The molecular weight excluding hydrogens is 324 g/mol. The Bertz CT molecular complexity index is 764. The van der Waals surface area contributed by atoms with Gasteiger partial charge >= 0.3 is 0 Å². The Morgan fingerprint density at radius 2 is 1.96 bits per heavy atom. The molecule has 1 amide bonds. The van der Waals surface area contributed by atoms with Gasteiger partial charge in [-0.05, 0) is 43.7 Å². The summed E-state index contributed by atoms with van der Waals surface area (Å²) in [5.74, 6) is 1.71. The van der Waals surface area contributed by atoms with Gasteiger partial charge in [0.2, 0.25) is 11.9 Å². The number of aromatic nitrogens is 2. The van der Waals surface area contributed by atoms with Crippen molar-refractivity contribution in [2.24, 2.45) is 5.92 Å². The van der Waals surface area contributed by atoms with E-state index in [2.05, 4.69) is 31.9 Å². The molecule has 4 rings (SSSR count). The van der Waals surface area contributed by atoms with Gasteiger partial charge in [-0.15, -0.1) is 0 Å². The van der Waals surface area contributed by atoms with Crippen LogP contribution in [0.5, 0.6) is 0 Å². The summed E-state index contributed by atoms with van der Waals surface area (Å²) in [5, 5.41) is 0. The van der Waals surface area contributed by atoms with Gasteiger partial charge in [-0.1, -0.05) is 30.3 Å². The molecule has 2 aliphatic rings.